The SMILES string of the molecule is Cc1nc2nc([C@H]3C[C@@H](c4cnn(C5CC5)c4)O[C@@H](C)C3)nc(C3CC(C(F)(F)F)C3)c2nc1C. The minimum atomic E-state index is -4.17. The van der Waals surface area contributed by atoms with Crippen LogP contribution in [0.2, 0.25) is 0 Å². The molecule has 3 aromatic rings. The van der Waals surface area contributed by atoms with Crippen molar-refractivity contribution in [2.45, 2.75) is 95.6 Å². The second-order valence-electron chi connectivity index (χ2n) is 10.5. The molecule has 3 fully saturated rings. The number of nitrogens with zero attached hydrogens (tertiary/aromatic N) is 6. The lowest BCUT2D eigenvalue weighted by molar-refractivity contribution is -0.197. The third-order valence-corrected chi connectivity index (χ3v) is 7.77. The Balaban J connectivity index is 1.34. The summed E-state index contributed by atoms with van der Waals surface area (Å²) in [6, 6.07) is 0.500. The van der Waals surface area contributed by atoms with Crippen molar-refractivity contribution in [1.82, 2.24) is 29.7 Å². The average molecular weight is 487 g/mol. The van der Waals surface area contributed by atoms with E-state index in [-0.39, 0.29) is 36.9 Å². The quantitative estimate of drug-likeness (QED) is 0.474. The first kappa shape index (κ1) is 22.8. The van der Waals surface area contributed by atoms with Gasteiger partial charge in [0, 0.05) is 23.6 Å². The predicted molar refractivity (Wildman–Crippen MR) is 122 cm³/mol. The zero-order chi connectivity index (χ0) is 24.5. The number of aromatic nitrogens is 6. The van der Waals surface area contributed by atoms with Gasteiger partial charge >= 0.3 is 6.18 Å². The highest BCUT2D eigenvalue weighted by Crippen LogP contribution is 2.50. The average Bonchev–Trinajstić information content (AvgIpc) is 3.48. The van der Waals surface area contributed by atoms with Crippen molar-refractivity contribution in [3.63, 3.8) is 0 Å². The number of ether oxygens (including phenoxy) is 1. The molecule has 1 aliphatic heterocycles. The molecule has 35 heavy (non-hydrogen) atoms. The van der Waals surface area contributed by atoms with E-state index in [1.54, 1.807) is 0 Å². The molecule has 0 N–H and O–H groups in total. The molecule has 0 unspecified atom stereocenters. The predicted octanol–water partition coefficient (Wildman–Crippen LogP) is 5.65. The van der Waals surface area contributed by atoms with Gasteiger partial charge in [0.15, 0.2) is 5.65 Å². The summed E-state index contributed by atoms with van der Waals surface area (Å²) in [6.45, 7) is 5.77. The Labute approximate surface area is 201 Å². The maximum absolute atomic E-state index is 13.2. The molecule has 10 heteroatoms. The second-order valence-corrected chi connectivity index (χ2v) is 10.5. The minimum absolute atomic E-state index is 0.00470. The third kappa shape index (κ3) is 4.30. The highest BCUT2D eigenvalue weighted by Gasteiger charge is 2.49. The van der Waals surface area contributed by atoms with E-state index >= 15 is 0 Å². The van der Waals surface area contributed by atoms with Gasteiger partial charge in [-0.25, -0.2) is 19.9 Å². The van der Waals surface area contributed by atoms with Gasteiger partial charge in [0.1, 0.15) is 11.3 Å². The number of fused-ring (bicyclic) bond motifs is 1. The van der Waals surface area contributed by atoms with Gasteiger partial charge in [0.25, 0.3) is 0 Å². The first-order valence-electron chi connectivity index (χ1n) is 12.4. The molecule has 6 rings (SSSR count). The van der Waals surface area contributed by atoms with Crippen molar-refractivity contribution in [3.05, 3.63) is 40.9 Å². The van der Waals surface area contributed by atoms with Crippen molar-refractivity contribution < 1.29 is 17.9 Å². The lowest BCUT2D eigenvalue weighted by Crippen LogP contribution is -2.35. The Hall–Kier alpha value is -2.62. The third-order valence-electron chi connectivity index (χ3n) is 7.77. The molecular formula is C25H29F3N6O. The second kappa shape index (κ2) is 8.21. The number of hydrogen-bond acceptors (Lipinski definition) is 6. The number of halogens is 3. The van der Waals surface area contributed by atoms with Crippen LogP contribution in [0.5, 0.6) is 0 Å². The van der Waals surface area contributed by atoms with Gasteiger partial charge in [-0.1, -0.05) is 0 Å². The Morgan fingerprint density at radius 1 is 0.943 bits per heavy atom. The van der Waals surface area contributed by atoms with E-state index in [1.807, 2.05) is 31.6 Å². The standard InChI is InChI=1S/C25H29F3N6O/c1-12-6-16(9-20(35-12)17-10-29-34(11-17)19-4-5-19)23-32-21(15-7-18(8-15)25(26,27)28)22-24(33-23)31-14(3)13(2)30-22/h10-12,15-16,18-20H,4-9H2,1-3H3/t12-,15?,16+,18?,20-/m0/s1. The molecule has 0 bridgehead atoms. The van der Waals surface area contributed by atoms with Gasteiger partial charge in [-0.3, -0.25) is 4.68 Å². The lowest BCUT2D eigenvalue weighted by Gasteiger charge is -2.37. The fourth-order valence-corrected chi connectivity index (χ4v) is 5.36. The van der Waals surface area contributed by atoms with Crippen LogP contribution in [0.25, 0.3) is 11.2 Å². The first-order chi connectivity index (χ1) is 16.7. The van der Waals surface area contributed by atoms with Crippen LogP contribution in [-0.4, -0.2) is 42.0 Å². The van der Waals surface area contributed by atoms with E-state index in [9.17, 15) is 13.2 Å². The lowest BCUT2D eigenvalue weighted by atomic mass is 9.72. The summed E-state index contributed by atoms with van der Waals surface area (Å²) < 4.78 is 47.9. The Morgan fingerprint density at radius 2 is 1.69 bits per heavy atom. The van der Waals surface area contributed by atoms with Crippen molar-refractivity contribution in [1.29, 1.82) is 0 Å². The van der Waals surface area contributed by atoms with Crippen LogP contribution in [0.1, 0.15) is 97.9 Å². The summed E-state index contributed by atoms with van der Waals surface area (Å²) in [4.78, 5) is 19.0. The molecule has 0 amide bonds. The molecule has 7 nitrogen and oxygen atoms in total. The zero-order valence-corrected chi connectivity index (χ0v) is 20.1. The highest BCUT2D eigenvalue weighted by molar-refractivity contribution is 5.73. The minimum Gasteiger partial charge on any atom is -0.370 e. The molecule has 0 aromatic carbocycles. The van der Waals surface area contributed by atoms with E-state index < -0.39 is 12.1 Å². The first-order valence-corrected chi connectivity index (χ1v) is 12.4. The summed E-state index contributed by atoms with van der Waals surface area (Å²) in [6.07, 6.45) is 3.50. The highest BCUT2D eigenvalue weighted by atomic mass is 19.4. The van der Waals surface area contributed by atoms with Gasteiger partial charge < -0.3 is 4.74 Å². The van der Waals surface area contributed by atoms with Crippen molar-refractivity contribution in [2.75, 3.05) is 0 Å². The molecule has 1 saturated heterocycles. The van der Waals surface area contributed by atoms with Crippen LogP contribution in [-0.2, 0) is 4.74 Å². The van der Waals surface area contributed by atoms with E-state index in [4.69, 9.17) is 14.7 Å². The molecule has 3 aliphatic rings. The number of rotatable bonds is 4. The van der Waals surface area contributed by atoms with E-state index in [0.29, 0.717) is 35.1 Å². The topological polar surface area (TPSA) is 78.6 Å². The van der Waals surface area contributed by atoms with E-state index in [2.05, 4.69) is 21.3 Å². The van der Waals surface area contributed by atoms with Crippen LogP contribution in [0.3, 0.4) is 0 Å². The van der Waals surface area contributed by atoms with Gasteiger partial charge in [-0.15, -0.1) is 0 Å². The van der Waals surface area contributed by atoms with Crippen molar-refractivity contribution in [3.8, 4) is 0 Å². The molecule has 3 atom stereocenters. The van der Waals surface area contributed by atoms with Gasteiger partial charge in [0.2, 0.25) is 0 Å². The van der Waals surface area contributed by atoms with Crippen LogP contribution in [0.15, 0.2) is 12.4 Å². The fraction of sp³-hybridized carbons (Fsp3) is 0.640. The Bertz CT molecular complexity index is 1260. The summed E-state index contributed by atoms with van der Waals surface area (Å²) >= 11 is 0. The molecule has 3 aromatic heterocycles. The number of alkyl halides is 3. The summed E-state index contributed by atoms with van der Waals surface area (Å²) in [7, 11) is 0. The van der Waals surface area contributed by atoms with Gasteiger partial charge in [-0.2, -0.15) is 18.3 Å². The molecule has 0 spiro atoms. The van der Waals surface area contributed by atoms with Crippen LogP contribution in [0.4, 0.5) is 13.2 Å². The zero-order valence-electron chi connectivity index (χ0n) is 20.1. The molecule has 2 saturated carbocycles. The van der Waals surface area contributed by atoms with Crippen LogP contribution in [0, 0.1) is 19.8 Å². The molecular weight excluding hydrogens is 457 g/mol. The number of aryl methyl sites for hydroxylation is 2. The monoisotopic (exact) mass is 486 g/mol. The normalized spacial score (nSPS) is 29.4. The van der Waals surface area contributed by atoms with Crippen molar-refractivity contribution in [2.24, 2.45) is 5.92 Å². The Kier molecular flexibility index (Phi) is 5.36. The van der Waals surface area contributed by atoms with Crippen molar-refractivity contribution >= 4 is 11.2 Å². The van der Waals surface area contributed by atoms with Gasteiger partial charge in [0.05, 0.1) is 47.4 Å². The summed E-state index contributed by atoms with van der Waals surface area (Å²) in [5.74, 6) is -0.920. The van der Waals surface area contributed by atoms with E-state index in [1.165, 1.54) is 0 Å². The summed E-state index contributed by atoms with van der Waals surface area (Å²) in [5.41, 5.74) is 4.17. The van der Waals surface area contributed by atoms with Crippen LogP contribution >= 0.6 is 0 Å². The molecule has 4 heterocycles. The van der Waals surface area contributed by atoms with Gasteiger partial charge in [-0.05, 0) is 59.3 Å². The molecule has 0 radical (unpaired) electrons. The maximum Gasteiger partial charge on any atom is 0.391 e. The molecule has 2 aliphatic carbocycles. The van der Waals surface area contributed by atoms with Crippen LogP contribution < -0.4 is 0 Å². The largest absolute Gasteiger partial charge is 0.391 e. The molecule has 186 valence electrons. The van der Waals surface area contributed by atoms with E-state index in [0.717, 1.165) is 36.2 Å². The Morgan fingerprint density at radius 3 is 2.40 bits per heavy atom. The fourth-order valence-electron chi connectivity index (χ4n) is 5.36. The number of hydrogen-bond donors (Lipinski definition) is 0. The smallest absolute Gasteiger partial charge is 0.370 e. The summed E-state index contributed by atoms with van der Waals surface area (Å²) in [5, 5.41) is 4.51. The maximum atomic E-state index is 13.2.